The second kappa shape index (κ2) is 6.82. The van der Waals surface area contributed by atoms with Crippen molar-refractivity contribution in [3.63, 3.8) is 0 Å². The van der Waals surface area contributed by atoms with E-state index in [1.807, 2.05) is 67.9 Å². The van der Waals surface area contributed by atoms with Crippen molar-refractivity contribution in [3.8, 4) is 5.69 Å². The summed E-state index contributed by atoms with van der Waals surface area (Å²) in [5, 5.41) is 0. The van der Waals surface area contributed by atoms with Gasteiger partial charge in [-0.3, -0.25) is 0 Å². The molecule has 1 atom stereocenters. The van der Waals surface area contributed by atoms with E-state index in [1.165, 1.54) is 0 Å². The number of nitrogens with zero attached hydrogens (tertiary/aromatic N) is 2. The van der Waals surface area contributed by atoms with E-state index in [4.69, 9.17) is 0 Å². The molecule has 1 unspecified atom stereocenters. The van der Waals surface area contributed by atoms with Gasteiger partial charge in [0, 0.05) is 24.1 Å². The van der Waals surface area contributed by atoms with Crippen LogP contribution in [0.3, 0.4) is 0 Å². The summed E-state index contributed by atoms with van der Waals surface area (Å²) in [6.45, 7) is 5.60. The summed E-state index contributed by atoms with van der Waals surface area (Å²) in [7, 11) is -3.57. The van der Waals surface area contributed by atoms with Crippen LogP contribution in [0, 0.1) is 13.8 Å². The average Bonchev–Trinajstić information content (AvgIpc) is 3.08. The molecule has 0 saturated carbocycles. The molecule has 3 rings (SSSR count). The molecule has 0 saturated heterocycles. The lowest BCUT2D eigenvalue weighted by molar-refractivity contribution is 0.566. The van der Waals surface area contributed by atoms with Gasteiger partial charge in [-0.15, -0.1) is 0 Å². The van der Waals surface area contributed by atoms with Gasteiger partial charge in [0.25, 0.3) is 0 Å². The average molecular weight is 355 g/mol. The highest BCUT2D eigenvalue weighted by molar-refractivity contribution is 7.89. The second-order valence-electron chi connectivity index (χ2n) is 6.17. The molecule has 1 N–H and O–H groups in total. The molecule has 6 heteroatoms. The van der Waals surface area contributed by atoms with Crippen molar-refractivity contribution in [1.29, 1.82) is 0 Å². The van der Waals surface area contributed by atoms with Crippen LogP contribution in [0.1, 0.15) is 29.7 Å². The molecule has 2 aromatic carbocycles. The summed E-state index contributed by atoms with van der Waals surface area (Å²) in [4.78, 5) is 4.34. The molecule has 130 valence electrons. The van der Waals surface area contributed by atoms with Crippen molar-refractivity contribution in [1.82, 2.24) is 14.3 Å². The molecule has 1 heterocycles. The van der Waals surface area contributed by atoms with Crippen molar-refractivity contribution in [2.45, 2.75) is 31.7 Å². The first-order valence-electron chi connectivity index (χ1n) is 8.05. The SMILES string of the molecule is Cc1ccc(S(=O)(=O)NC(C)c2ccc(-n3ccnc3)cc2)c(C)c1. The van der Waals surface area contributed by atoms with Crippen molar-refractivity contribution in [3.05, 3.63) is 77.9 Å². The zero-order chi connectivity index (χ0) is 18.0. The van der Waals surface area contributed by atoms with E-state index in [9.17, 15) is 8.42 Å². The van der Waals surface area contributed by atoms with E-state index < -0.39 is 10.0 Å². The van der Waals surface area contributed by atoms with Crippen LogP contribution in [-0.2, 0) is 10.0 Å². The van der Waals surface area contributed by atoms with Crippen LogP contribution in [0.4, 0.5) is 0 Å². The summed E-state index contributed by atoms with van der Waals surface area (Å²) in [6, 6.07) is 12.7. The third-order valence-electron chi connectivity index (χ3n) is 4.15. The standard InChI is InChI=1S/C19H21N3O2S/c1-14-4-9-19(15(2)12-14)25(23,24)21-16(3)17-5-7-18(8-6-17)22-11-10-20-13-22/h4-13,16,21H,1-3H3. The van der Waals surface area contributed by atoms with E-state index in [2.05, 4.69) is 9.71 Å². The van der Waals surface area contributed by atoms with Crippen LogP contribution in [0.5, 0.6) is 0 Å². The van der Waals surface area contributed by atoms with Gasteiger partial charge in [-0.2, -0.15) is 0 Å². The highest BCUT2D eigenvalue weighted by Gasteiger charge is 2.20. The summed E-state index contributed by atoms with van der Waals surface area (Å²) < 4.78 is 30.0. The first-order chi connectivity index (χ1) is 11.9. The number of aryl methyl sites for hydroxylation is 2. The first kappa shape index (κ1) is 17.4. The Morgan fingerprint density at radius 1 is 1.08 bits per heavy atom. The smallest absolute Gasteiger partial charge is 0.241 e. The predicted molar refractivity (Wildman–Crippen MR) is 98.2 cm³/mol. The Labute approximate surface area is 148 Å². The lowest BCUT2D eigenvalue weighted by Gasteiger charge is -2.16. The predicted octanol–water partition coefficient (Wildman–Crippen LogP) is 3.53. The number of hydrogen-bond donors (Lipinski definition) is 1. The minimum Gasteiger partial charge on any atom is -0.306 e. The quantitative estimate of drug-likeness (QED) is 0.761. The zero-order valence-corrected chi connectivity index (χ0v) is 15.3. The second-order valence-corrected chi connectivity index (χ2v) is 7.86. The van der Waals surface area contributed by atoms with Crippen LogP contribution in [-0.4, -0.2) is 18.0 Å². The molecule has 0 radical (unpaired) electrons. The Bertz CT molecular complexity index is 962. The number of rotatable bonds is 5. The van der Waals surface area contributed by atoms with Crippen molar-refractivity contribution in [2.75, 3.05) is 0 Å². The lowest BCUT2D eigenvalue weighted by Crippen LogP contribution is -2.27. The fourth-order valence-electron chi connectivity index (χ4n) is 2.81. The van der Waals surface area contributed by atoms with E-state index in [0.29, 0.717) is 4.90 Å². The summed E-state index contributed by atoms with van der Waals surface area (Å²) in [5.41, 5.74) is 3.66. The molecule has 0 spiro atoms. The van der Waals surface area contributed by atoms with Crippen LogP contribution < -0.4 is 4.72 Å². The molecule has 5 nitrogen and oxygen atoms in total. The highest BCUT2D eigenvalue weighted by Crippen LogP contribution is 2.21. The fraction of sp³-hybridized carbons (Fsp3) is 0.211. The van der Waals surface area contributed by atoms with Gasteiger partial charge in [-0.05, 0) is 50.1 Å². The molecule has 25 heavy (non-hydrogen) atoms. The molecule has 1 aromatic heterocycles. The Kier molecular flexibility index (Phi) is 4.74. The Morgan fingerprint density at radius 2 is 1.80 bits per heavy atom. The molecule has 0 bridgehead atoms. The fourth-order valence-corrected chi connectivity index (χ4v) is 4.27. The number of nitrogens with one attached hydrogen (secondary N) is 1. The number of imidazole rings is 1. The monoisotopic (exact) mass is 355 g/mol. The third kappa shape index (κ3) is 3.81. The maximum Gasteiger partial charge on any atom is 0.241 e. The molecule has 0 aliphatic carbocycles. The van der Waals surface area contributed by atoms with Crippen LogP contribution in [0.2, 0.25) is 0 Å². The minimum absolute atomic E-state index is 0.319. The van der Waals surface area contributed by atoms with Gasteiger partial charge in [0.1, 0.15) is 0 Å². The molecule has 3 aromatic rings. The largest absolute Gasteiger partial charge is 0.306 e. The molecule has 0 aliphatic rings. The lowest BCUT2D eigenvalue weighted by atomic mass is 10.1. The Morgan fingerprint density at radius 3 is 2.40 bits per heavy atom. The number of sulfonamides is 1. The van der Waals surface area contributed by atoms with E-state index in [1.54, 1.807) is 18.6 Å². The van der Waals surface area contributed by atoms with Crippen LogP contribution in [0.15, 0.2) is 66.1 Å². The van der Waals surface area contributed by atoms with Gasteiger partial charge >= 0.3 is 0 Å². The maximum atomic E-state index is 12.7. The molecule has 0 fully saturated rings. The van der Waals surface area contributed by atoms with E-state index in [0.717, 1.165) is 22.4 Å². The highest BCUT2D eigenvalue weighted by atomic mass is 32.2. The molecular weight excluding hydrogens is 334 g/mol. The Balaban J connectivity index is 1.80. The molecule has 0 amide bonds. The Hall–Kier alpha value is -2.44. The third-order valence-corrected chi connectivity index (χ3v) is 5.85. The van der Waals surface area contributed by atoms with E-state index in [-0.39, 0.29) is 6.04 Å². The summed E-state index contributed by atoms with van der Waals surface area (Å²) in [5.74, 6) is 0. The van der Waals surface area contributed by atoms with Crippen molar-refractivity contribution < 1.29 is 8.42 Å². The minimum atomic E-state index is -3.57. The topological polar surface area (TPSA) is 64.0 Å². The number of benzene rings is 2. The van der Waals surface area contributed by atoms with Crippen molar-refractivity contribution >= 4 is 10.0 Å². The van der Waals surface area contributed by atoms with Gasteiger partial charge in [0.15, 0.2) is 0 Å². The maximum absolute atomic E-state index is 12.7. The first-order valence-corrected chi connectivity index (χ1v) is 9.53. The van der Waals surface area contributed by atoms with Crippen LogP contribution >= 0.6 is 0 Å². The van der Waals surface area contributed by atoms with Gasteiger partial charge in [0.2, 0.25) is 10.0 Å². The van der Waals surface area contributed by atoms with Gasteiger partial charge < -0.3 is 4.57 Å². The normalized spacial score (nSPS) is 12.9. The number of aromatic nitrogens is 2. The molecule has 0 aliphatic heterocycles. The van der Waals surface area contributed by atoms with Gasteiger partial charge in [0.05, 0.1) is 11.2 Å². The summed E-state index contributed by atoms with van der Waals surface area (Å²) >= 11 is 0. The zero-order valence-electron chi connectivity index (χ0n) is 14.5. The van der Waals surface area contributed by atoms with Crippen molar-refractivity contribution in [2.24, 2.45) is 0 Å². The van der Waals surface area contributed by atoms with Gasteiger partial charge in [-0.1, -0.05) is 29.8 Å². The van der Waals surface area contributed by atoms with Gasteiger partial charge in [-0.25, -0.2) is 18.1 Å². The van der Waals surface area contributed by atoms with Crippen LogP contribution in [0.25, 0.3) is 5.69 Å². The summed E-state index contributed by atoms with van der Waals surface area (Å²) in [6.07, 6.45) is 5.30. The van der Waals surface area contributed by atoms with E-state index >= 15 is 0 Å². The number of hydrogen-bond acceptors (Lipinski definition) is 3. The molecular formula is C19H21N3O2S.